The summed E-state index contributed by atoms with van der Waals surface area (Å²) in [6.45, 7) is 1.75. The number of aromatic carboxylic acids is 1. The van der Waals surface area contributed by atoms with Crippen molar-refractivity contribution in [2.75, 3.05) is 13.1 Å². The van der Waals surface area contributed by atoms with Crippen molar-refractivity contribution in [3.05, 3.63) is 29.3 Å². The molecule has 0 fully saturated rings. The number of carboxylic acids is 1. The molecular formula is C12H17N3O5S. The van der Waals surface area contributed by atoms with Crippen LogP contribution in [0.4, 0.5) is 4.79 Å². The molecule has 2 amide bonds. The van der Waals surface area contributed by atoms with Gasteiger partial charge in [-0.1, -0.05) is 13.0 Å². The van der Waals surface area contributed by atoms with Crippen LogP contribution in [0.5, 0.6) is 0 Å². The number of amides is 2. The monoisotopic (exact) mass is 315 g/mol. The highest BCUT2D eigenvalue weighted by Crippen LogP contribution is 2.18. The molecule has 0 aliphatic heterocycles. The molecule has 0 bridgehead atoms. The number of sulfonamides is 1. The molecule has 116 valence electrons. The number of hydrogen-bond acceptors (Lipinski definition) is 4. The van der Waals surface area contributed by atoms with Gasteiger partial charge in [0.15, 0.2) is 0 Å². The van der Waals surface area contributed by atoms with Crippen LogP contribution in [0.25, 0.3) is 0 Å². The van der Waals surface area contributed by atoms with E-state index < -0.39 is 22.0 Å². The van der Waals surface area contributed by atoms with Gasteiger partial charge in [-0.15, -0.1) is 0 Å². The molecule has 0 unspecified atom stereocenters. The molecule has 0 aliphatic rings. The summed E-state index contributed by atoms with van der Waals surface area (Å²) in [4.78, 5) is 21.3. The van der Waals surface area contributed by atoms with Crippen LogP contribution in [0, 0.1) is 0 Å². The van der Waals surface area contributed by atoms with E-state index in [0.717, 1.165) is 6.07 Å². The Hall–Kier alpha value is -2.13. The number of aryl methyl sites for hydroxylation is 1. The summed E-state index contributed by atoms with van der Waals surface area (Å²) in [5.41, 5.74) is 5.26. The van der Waals surface area contributed by atoms with Gasteiger partial charge in [-0.3, -0.25) is 0 Å². The first-order chi connectivity index (χ1) is 9.77. The van der Waals surface area contributed by atoms with Gasteiger partial charge < -0.3 is 16.2 Å². The zero-order chi connectivity index (χ0) is 16.0. The number of carbonyl (C=O) groups excluding carboxylic acids is 1. The zero-order valence-corrected chi connectivity index (χ0v) is 12.2. The highest BCUT2D eigenvalue weighted by atomic mass is 32.2. The Morgan fingerprint density at radius 3 is 2.48 bits per heavy atom. The summed E-state index contributed by atoms with van der Waals surface area (Å²) in [7, 11) is -3.86. The lowest BCUT2D eigenvalue weighted by molar-refractivity contribution is 0.0696. The fraction of sp³-hybridized carbons (Fsp3) is 0.333. The van der Waals surface area contributed by atoms with Crippen LogP contribution in [0.15, 0.2) is 23.1 Å². The molecule has 1 rings (SSSR count). The average molecular weight is 315 g/mol. The molecule has 5 N–H and O–H groups in total. The SMILES string of the molecule is CCc1ccc(C(=O)O)cc1S(=O)(=O)NCCNC(N)=O. The molecule has 0 saturated heterocycles. The minimum Gasteiger partial charge on any atom is -0.478 e. The van der Waals surface area contributed by atoms with Gasteiger partial charge in [0, 0.05) is 13.1 Å². The lowest BCUT2D eigenvalue weighted by atomic mass is 10.1. The van der Waals surface area contributed by atoms with E-state index in [1.165, 1.54) is 12.1 Å². The summed E-state index contributed by atoms with van der Waals surface area (Å²) in [6, 6.07) is 3.19. The highest BCUT2D eigenvalue weighted by Gasteiger charge is 2.19. The second-order valence-corrected chi connectivity index (χ2v) is 5.91. The van der Waals surface area contributed by atoms with Crippen molar-refractivity contribution in [1.82, 2.24) is 10.0 Å². The second kappa shape index (κ2) is 7.04. The number of urea groups is 1. The zero-order valence-electron chi connectivity index (χ0n) is 11.4. The Morgan fingerprint density at radius 1 is 1.29 bits per heavy atom. The molecule has 0 atom stereocenters. The van der Waals surface area contributed by atoms with E-state index in [1.54, 1.807) is 6.92 Å². The third-order valence-electron chi connectivity index (χ3n) is 2.70. The van der Waals surface area contributed by atoms with Gasteiger partial charge >= 0.3 is 12.0 Å². The first-order valence-electron chi connectivity index (χ1n) is 6.17. The minimum absolute atomic E-state index is 0.0364. The first kappa shape index (κ1) is 16.9. The van der Waals surface area contributed by atoms with Gasteiger partial charge in [0.05, 0.1) is 10.5 Å². The molecule has 0 aromatic heterocycles. The van der Waals surface area contributed by atoms with E-state index in [4.69, 9.17) is 10.8 Å². The van der Waals surface area contributed by atoms with Crippen molar-refractivity contribution in [2.45, 2.75) is 18.2 Å². The number of benzene rings is 1. The molecule has 1 aromatic carbocycles. The Kier molecular flexibility index (Phi) is 5.68. The smallest absolute Gasteiger partial charge is 0.335 e. The van der Waals surface area contributed by atoms with Crippen LogP contribution < -0.4 is 15.8 Å². The van der Waals surface area contributed by atoms with Crippen LogP contribution in [-0.2, 0) is 16.4 Å². The van der Waals surface area contributed by atoms with Crippen molar-refractivity contribution >= 4 is 22.0 Å². The summed E-state index contributed by atoms with van der Waals surface area (Å²) >= 11 is 0. The molecule has 9 heteroatoms. The van der Waals surface area contributed by atoms with Crippen LogP contribution in [0.3, 0.4) is 0 Å². The molecular weight excluding hydrogens is 298 g/mol. The van der Waals surface area contributed by atoms with E-state index in [9.17, 15) is 18.0 Å². The van der Waals surface area contributed by atoms with E-state index >= 15 is 0 Å². The largest absolute Gasteiger partial charge is 0.478 e. The van der Waals surface area contributed by atoms with E-state index in [2.05, 4.69) is 10.0 Å². The predicted molar refractivity (Wildman–Crippen MR) is 75.6 cm³/mol. The predicted octanol–water partition coefficient (Wildman–Crippen LogP) is -0.106. The standard InChI is InChI=1S/C12H17N3O5S/c1-2-8-3-4-9(11(16)17)7-10(8)21(19,20)15-6-5-14-12(13)18/h3-4,7,15H,2,5-6H2,1H3,(H,16,17)(H3,13,14,18). The van der Waals surface area contributed by atoms with Crippen LogP contribution >= 0.6 is 0 Å². The molecule has 8 nitrogen and oxygen atoms in total. The van der Waals surface area contributed by atoms with E-state index in [1.807, 2.05) is 0 Å². The van der Waals surface area contributed by atoms with Gasteiger partial charge in [-0.2, -0.15) is 0 Å². The van der Waals surface area contributed by atoms with Crippen molar-refractivity contribution in [2.24, 2.45) is 5.73 Å². The number of hydrogen-bond donors (Lipinski definition) is 4. The van der Waals surface area contributed by atoms with Crippen LogP contribution in [-0.4, -0.2) is 38.6 Å². The topological polar surface area (TPSA) is 139 Å². The molecule has 0 heterocycles. The highest BCUT2D eigenvalue weighted by molar-refractivity contribution is 7.89. The van der Waals surface area contributed by atoms with Crippen molar-refractivity contribution in [3.63, 3.8) is 0 Å². The van der Waals surface area contributed by atoms with Gasteiger partial charge in [0.25, 0.3) is 0 Å². The van der Waals surface area contributed by atoms with Crippen LogP contribution in [0.2, 0.25) is 0 Å². The molecule has 0 radical (unpaired) electrons. The molecule has 1 aromatic rings. The minimum atomic E-state index is -3.86. The number of primary amides is 1. The number of rotatable bonds is 7. The average Bonchev–Trinajstić information content (AvgIpc) is 2.42. The Labute approximate surface area is 122 Å². The summed E-state index contributed by atoms with van der Waals surface area (Å²) in [5.74, 6) is -1.20. The molecule has 0 aliphatic carbocycles. The number of nitrogens with two attached hydrogens (primary N) is 1. The van der Waals surface area contributed by atoms with Gasteiger partial charge in [0.2, 0.25) is 10.0 Å². The maximum Gasteiger partial charge on any atom is 0.335 e. The van der Waals surface area contributed by atoms with E-state index in [-0.39, 0.29) is 23.5 Å². The molecule has 0 saturated carbocycles. The third kappa shape index (κ3) is 4.72. The molecule has 21 heavy (non-hydrogen) atoms. The second-order valence-electron chi connectivity index (χ2n) is 4.17. The Bertz CT molecular complexity index is 642. The van der Waals surface area contributed by atoms with Gasteiger partial charge in [0.1, 0.15) is 0 Å². The fourth-order valence-corrected chi connectivity index (χ4v) is 3.04. The van der Waals surface area contributed by atoms with Gasteiger partial charge in [-0.05, 0) is 24.1 Å². The lowest BCUT2D eigenvalue weighted by Crippen LogP contribution is -2.37. The number of carbonyl (C=O) groups is 2. The van der Waals surface area contributed by atoms with Crippen molar-refractivity contribution < 1.29 is 23.1 Å². The summed E-state index contributed by atoms with van der Waals surface area (Å²) < 4.78 is 26.6. The summed E-state index contributed by atoms with van der Waals surface area (Å²) in [6.07, 6.45) is 0.440. The van der Waals surface area contributed by atoms with E-state index in [0.29, 0.717) is 12.0 Å². The fourth-order valence-electron chi connectivity index (χ4n) is 1.68. The quantitative estimate of drug-likeness (QED) is 0.520. The lowest BCUT2D eigenvalue weighted by Gasteiger charge is -2.11. The first-order valence-corrected chi connectivity index (χ1v) is 7.65. The van der Waals surface area contributed by atoms with Crippen molar-refractivity contribution in [3.8, 4) is 0 Å². The third-order valence-corrected chi connectivity index (χ3v) is 4.24. The number of carboxylic acid groups (broad SMARTS) is 1. The molecule has 0 spiro atoms. The normalized spacial score (nSPS) is 11.1. The van der Waals surface area contributed by atoms with Gasteiger partial charge in [-0.25, -0.2) is 22.7 Å². The Balaban J connectivity index is 2.97. The maximum absolute atomic E-state index is 12.2. The van der Waals surface area contributed by atoms with Crippen molar-refractivity contribution in [1.29, 1.82) is 0 Å². The number of nitrogens with one attached hydrogen (secondary N) is 2. The Morgan fingerprint density at radius 2 is 1.95 bits per heavy atom. The maximum atomic E-state index is 12.2. The summed E-state index contributed by atoms with van der Waals surface area (Å²) in [5, 5.41) is 11.2. The van der Waals surface area contributed by atoms with Crippen LogP contribution in [0.1, 0.15) is 22.8 Å².